The summed E-state index contributed by atoms with van der Waals surface area (Å²) in [6, 6.07) is 6.01. The maximum atomic E-state index is 6.14. The third-order valence-electron chi connectivity index (χ3n) is 3.62. The molecular formula is C16H25Cl2N. The highest BCUT2D eigenvalue weighted by molar-refractivity contribution is 6.42. The van der Waals surface area contributed by atoms with Crippen LogP contribution in [0.4, 0.5) is 0 Å². The Morgan fingerprint density at radius 2 is 1.74 bits per heavy atom. The largest absolute Gasteiger partial charge is 0.316 e. The number of hydrogen-bond donors (Lipinski definition) is 1. The first kappa shape index (κ1) is 16.8. The van der Waals surface area contributed by atoms with Crippen LogP contribution in [0.2, 0.25) is 10.0 Å². The molecule has 0 saturated heterocycles. The van der Waals surface area contributed by atoms with Gasteiger partial charge in [0.05, 0.1) is 10.0 Å². The fraction of sp³-hybridized carbons (Fsp3) is 0.625. The van der Waals surface area contributed by atoms with E-state index in [9.17, 15) is 0 Å². The molecule has 0 spiro atoms. The second-order valence-corrected chi connectivity index (χ2v) is 6.53. The monoisotopic (exact) mass is 301 g/mol. The van der Waals surface area contributed by atoms with Crippen LogP contribution in [0.15, 0.2) is 18.2 Å². The van der Waals surface area contributed by atoms with Crippen LogP contribution in [0.1, 0.15) is 45.6 Å². The second kappa shape index (κ2) is 8.14. The molecule has 0 fully saturated rings. The first-order chi connectivity index (χ1) is 8.95. The maximum Gasteiger partial charge on any atom is 0.0595 e. The summed E-state index contributed by atoms with van der Waals surface area (Å²) in [5.74, 6) is 1.78. The van der Waals surface area contributed by atoms with Crippen molar-refractivity contribution in [1.82, 2.24) is 5.32 Å². The number of hydrogen-bond acceptors (Lipinski definition) is 1. The molecule has 3 heteroatoms. The van der Waals surface area contributed by atoms with E-state index in [1.54, 1.807) is 0 Å². The van der Waals surface area contributed by atoms with E-state index in [0.29, 0.717) is 27.8 Å². The van der Waals surface area contributed by atoms with Gasteiger partial charge in [-0.05, 0) is 42.0 Å². The minimum Gasteiger partial charge on any atom is -0.316 e. The molecule has 2 atom stereocenters. The highest BCUT2D eigenvalue weighted by atomic mass is 35.5. The van der Waals surface area contributed by atoms with E-state index in [4.69, 9.17) is 23.2 Å². The van der Waals surface area contributed by atoms with E-state index in [0.717, 1.165) is 19.5 Å². The van der Waals surface area contributed by atoms with Crippen LogP contribution >= 0.6 is 23.2 Å². The Bertz CT molecular complexity index is 390. The predicted molar refractivity (Wildman–Crippen MR) is 86.4 cm³/mol. The molecule has 1 nitrogen and oxygen atoms in total. The van der Waals surface area contributed by atoms with E-state index >= 15 is 0 Å². The summed E-state index contributed by atoms with van der Waals surface area (Å²) < 4.78 is 0. The Balaban J connectivity index is 2.80. The molecule has 2 unspecified atom stereocenters. The fourth-order valence-corrected chi connectivity index (χ4v) is 2.51. The molecule has 0 aliphatic carbocycles. The van der Waals surface area contributed by atoms with Crippen molar-refractivity contribution in [2.75, 3.05) is 13.1 Å². The summed E-state index contributed by atoms with van der Waals surface area (Å²) in [5.41, 5.74) is 1.28. The van der Waals surface area contributed by atoms with E-state index in [1.807, 2.05) is 12.1 Å². The number of halogens is 2. The third kappa shape index (κ3) is 5.33. The second-order valence-electron chi connectivity index (χ2n) is 5.72. The van der Waals surface area contributed by atoms with Crippen molar-refractivity contribution in [3.05, 3.63) is 33.8 Å². The normalized spacial score (nSPS) is 14.7. The van der Waals surface area contributed by atoms with Crippen molar-refractivity contribution in [3.8, 4) is 0 Å². The van der Waals surface area contributed by atoms with Crippen molar-refractivity contribution in [1.29, 1.82) is 0 Å². The topological polar surface area (TPSA) is 12.0 Å². The molecule has 1 aromatic rings. The molecule has 1 rings (SSSR count). The zero-order chi connectivity index (χ0) is 14.4. The standard InChI is InChI=1S/C16H25Cl2N/c1-5-12(4)14(10-19-9-11(2)3)13-6-7-15(17)16(18)8-13/h6-8,11-12,14,19H,5,9-10H2,1-4H3. The average molecular weight is 302 g/mol. The molecule has 0 aliphatic rings. The van der Waals surface area contributed by atoms with Crippen LogP contribution in [-0.2, 0) is 0 Å². The number of nitrogens with one attached hydrogen (secondary N) is 1. The molecule has 0 heterocycles. The van der Waals surface area contributed by atoms with Crippen molar-refractivity contribution in [2.45, 2.75) is 40.0 Å². The summed E-state index contributed by atoms with van der Waals surface area (Å²) in [6.45, 7) is 11.0. The Hall–Kier alpha value is -0.240. The van der Waals surface area contributed by atoms with Gasteiger partial charge in [0, 0.05) is 6.54 Å². The molecule has 0 amide bonds. The van der Waals surface area contributed by atoms with Gasteiger partial charge in [0.25, 0.3) is 0 Å². The Morgan fingerprint density at radius 1 is 1.05 bits per heavy atom. The lowest BCUT2D eigenvalue weighted by atomic mass is 9.85. The predicted octanol–water partition coefficient (Wildman–Crippen LogP) is 5.37. The maximum absolute atomic E-state index is 6.14. The summed E-state index contributed by atoms with van der Waals surface area (Å²) >= 11 is 12.1. The van der Waals surface area contributed by atoms with E-state index in [1.165, 1.54) is 5.56 Å². The fourth-order valence-electron chi connectivity index (χ4n) is 2.20. The minimum atomic E-state index is 0.485. The van der Waals surface area contributed by atoms with Crippen molar-refractivity contribution in [2.24, 2.45) is 11.8 Å². The molecular weight excluding hydrogens is 277 g/mol. The summed E-state index contributed by atoms with van der Waals surface area (Å²) in [6.07, 6.45) is 1.16. The van der Waals surface area contributed by atoms with Crippen molar-refractivity contribution >= 4 is 23.2 Å². The lowest BCUT2D eigenvalue weighted by Gasteiger charge is -2.25. The van der Waals surface area contributed by atoms with Gasteiger partial charge < -0.3 is 5.32 Å². The molecule has 0 aromatic heterocycles. The molecule has 0 saturated carbocycles. The SMILES string of the molecule is CCC(C)C(CNCC(C)C)c1ccc(Cl)c(Cl)c1. The number of benzene rings is 1. The number of rotatable bonds is 7. The lowest BCUT2D eigenvalue weighted by molar-refractivity contribution is 0.409. The Kier molecular flexibility index (Phi) is 7.20. The van der Waals surface area contributed by atoms with Gasteiger partial charge in [-0.25, -0.2) is 0 Å². The van der Waals surface area contributed by atoms with Crippen molar-refractivity contribution < 1.29 is 0 Å². The summed E-state index contributed by atoms with van der Waals surface area (Å²) in [5, 5.41) is 4.83. The average Bonchev–Trinajstić information content (AvgIpc) is 2.37. The molecule has 0 bridgehead atoms. The van der Waals surface area contributed by atoms with Crippen LogP contribution in [0, 0.1) is 11.8 Å². The van der Waals surface area contributed by atoms with Gasteiger partial charge in [-0.2, -0.15) is 0 Å². The highest BCUT2D eigenvalue weighted by Gasteiger charge is 2.18. The molecule has 1 aromatic carbocycles. The lowest BCUT2D eigenvalue weighted by Crippen LogP contribution is -2.28. The van der Waals surface area contributed by atoms with Gasteiger partial charge in [-0.15, -0.1) is 0 Å². The third-order valence-corrected chi connectivity index (χ3v) is 4.36. The first-order valence-corrected chi connectivity index (χ1v) is 7.86. The van der Waals surface area contributed by atoms with Gasteiger partial charge in [0.15, 0.2) is 0 Å². The quantitative estimate of drug-likeness (QED) is 0.714. The van der Waals surface area contributed by atoms with Crippen LogP contribution in [0.5, 0.6) is 0 Å². The summed E-state index contributed by atoms with van der Waals surface area (Å²) in [7, 11) is 0. The molecule has 19 heavy (non-hydrogen) atoms. The molecule has 1 N–H and O–H groups in total. The zero-order valence-electron chi connectivity index (χ0n) is 12.3. The minimum absolute atomic E-state index is 0.485. The van der Waals surface area contributed by atoms with E-state index < -0.39 is 0 Å². The van der Waals surface area contributed by atoms with Crippen LogP contribution in [-0.4, -0.2) is 13.1 Å². The van der Waals surface area contributed by atoms with Gasteiger partial charge >= 0.3 is 0 Å². The van der Waals surface area contributed by atoms with Gasteiger partial charge in [-0.1, -0.05) is 63.4 Å². The van der Waals surface area contributed by atoms with Gasteiger partial charge in [0.2, 0.25) is 0 Å². The van der Waals surface area contributed by atoms with E-state index in [-0.39, 0.29) is 0 Å². The van der Waals surface area contributed by atoms with Crippen LogP contribution in [0.3, 0.4) is 0 Å². The summed E-state index contributed by atoms with van der Waals surface area (Å²) in [4.78, 5) is 0. The Morgan fingerprint density at radius 3 is 2.26 bits per heavy atom. The highest BCUT2D eigenvalue weighted by Crippen LogP contribution is 2.31. The Labute approximate surface area is 127 Å². The van der Waals surface area contributed by atoms with Crippen molar-refractivity contribution in [3.63, 3.8) is 0 Å². The van der Waals surface area contributed by atoms with Crippen LogP contribution < -0.4 is 5.32 Å². The zero-order valence-corrected chi connectivity index (χ0v) is 13.9. The van der Waals surface area contributed by atoms with Gasteiger partial charge in [-0.3, -0.25) is 0 Å². The van der Waals surface area contributed by atoms with E-state index in [2.05, 4.69) is 39.1 Å². The van der Waals surface area contributed by atoms with Crippen LogP contribution in [0.25, 0.3) is 0 Å². The smallest absolute Gasteiger partial charge is 0.0595 e. The first-order valence-electron chi connectivity index (χ1n) is 7.11. The molecule has 0 radical (unpaired) electrons. The van der Waals surface area contributed by atoms with Gasteiger partial charge in [0.1, 0.15) is 0 Å². The molecule has 0 aliphatic heterocycles. The molecule has 108 valence electrons.